The predicted molar refractivity (Wildman–Crippen MR) is 79.0 cm³/mol. The second-order valence-electron chi connectivity index (χ2n) is 5.53. The van der Waals surface area contributed by atoms with E-state index in [0.29, 0.717) is 24.1 Å². The number of rotatable bonds is 14. The van der Waals surface area contributed by atoms with E-state index in [9.17, 15) is 15.3 Å². The van der Waals surface area contributed by atoms with E-state index in [1.165, 1.54) is 38.5 Å². The van der Waals surface area contributed by atoms with Gasteiger partial charge in [-0.1, -0.05) is 39.0 Å². The van der Waals surface area contributed by atoms with Crippen molar-refractivity contribution in [3.63, 3.8) is 0 Å². The van der Waals surface area contributed by atoms with Crippen molar-refractivity contribution >= 4 is 0 Å². The van der Waals surface area contributed by atoms with Crippen molar-refractivity contribution in [1.82, 2.24) is 0 Å². The fraction of sp³-hybridized carbons (Fsp3) is 1.00. The minimum Gasteiger partial charge on any atom is -1.00 e. The molecule has 0 aliphatic carbocycles. The lowest BCUT2D eigenvalue weighted by Crippen LogP contribution is -3.00. The molecule has 0 aromatic rings. The van der Waals surface area contributed by atoms with Crippen molar-refractivity contribution < 1.29 is 43.8 Å². The zero-order valence-corrected chi connectivity index (χ0v) is 15.2. The van der Waals surface area contributed by atoms with Gasteiger partial charge in [-0.05, 0) is 12.8 Å². The molecule has 0 unspecified atom stereocenters. The number of quaternary nitrogens is 1. The van der Waals surface area contributed by atoms with Crippen LogP contribution in [0.5, 0.6) is 0 Å². The monoisotopic (exact) mass is 403 g/mol. The van der Waals surface area contributed by atoms with Crippen LogP contribution in [0.25, 0.3) is 0 Å². The summed E-state index contributed by atoms with van der Waals surface area (Å²) in [6.07, 6.45) is 8.87. The molecule has 0 amide bonds. The summed E-state index contributed by atoms with van der Waals surface area (Å²) >= 11 is 0. The van der Waals surface area contributed by atoms with Crippen LogP contribution in [-0.2, 0) is 0 Å². The van der Waals surface area contributed by atoms with Gasteiger partial charge in [0.25, 0.3) is 0 Å². The molecule has 0 fully saturated rings. The van der Waals surface area contributed by atoms with Crippen LogP contribution in [0.1, 0.15) is 51.9 Å². The van der Waals surface area contributed by atoms with Crippen LogP contribution in [0.2, 0.25) is 0 Å². The van der Waals surface area contributed by atoms with E-state index < -0.39 is 0 Å². The smallest absolute Gasteiger partial charge is 0.102 e. The largest absolute Gasteiger partial charge is 1.00 e. The highest BCUT2D eigenvalue weighted by molar-refractivity contribution is 4.49. The number of unbranched alkanes of at least 4 members (excludes halogenated alkanes) is 6. The van der Waals surface area contributed by atoms with Crippen molar-refractivity contribution in [1.29, 1.82) is 0 Å². The first-order valence-corrected chi connectivity index (χ1v) is 7.92. The maximum Gasteiger partial charge on any atom is 0.102 e. The van der Waals surface area contributed by atoms with Crippen LogP contribution in [0, 0.1) is 0 Å². The maximum absolute atomic E-state index is 9.18. The lowest BCUT2D eigenvalue weighted by atomic mass is 10.1. The highest BCUT2D eigenvalue weighted by atomic mass is 127. The van der Waals surface area contributed by atoms with Crippen LogP contribution in [0.15, 0.2) is 0 Å². The summed E-state index contributed by atoms with van der Waals surface area (Å²) in [5, 5.41) is 27.5. The first kappa shape index (κ1) is 22.8. The molecule has 124 valence electrons. The Hall–Kier alpha value is 0.570. The van der Waals surface area contributed by atoms with Crippen molar-refractivity contribution in [2.24, 2.45) is 0 Å². The Labute approximate surface area is 141 Å². The lowest BCUT2D eigenvalue weighted by molar-refractivity contribution is -0.929. The topological polar surface area (TPSA) is 60.7 Å². The molecule has 0 aromatic heterocycles. The molecule has 0 rings (SSSR count). The Balaban J connectivity index is 0. The average molecular weight is 403 g/mol. The zero-order chi connectivity index (χ0) is 14.4. The van der Waals surface area contributed by atoms with Gasteiger partial charge in [-0.2, -0.15) is 0 Å². The third-order valence-corrected chi connectivity index (χ3v) is 3.96. The molecule has 20 heavy (non-hydrogen) atoms. The van der Waals surface area contributed by atoms with Crippen molar-refractivity contribution in [3.05, 3.63) is 0 Å². The number of aliphatic hydroxyl groups excluding tert-OH is 3. The van der Waals surface area contributed by atoms with Gasteiger partial charge in [0.2, 0.25) is 0 Å². The Kier molecular flexibility index (Phi) is 18.2. The molecule has 0 aliphatic rings. The van der Waals surface area contributed by atoms with E-state index in [-0.39, 0.29) is 43.8 Å². The zero-order valence-electron chi connectivity index (χ0n) is 13.1. The number of halogens is 1. The lowest BCUT2D eigenvalue weighted by Gasteiger charge is -2.37. The Bertz CT molecular complexity index is 177. The highest BCUT2D eigenvalue weighted by Gasteiger charge is 2.25. The summed E-state index contributed by atoms with van der Waals surface area (Å²) in [6.45, 7) is 5.45. The fourth-order valence-corrected chi connectivity index (χ4v) is 2.71. The van der Waals surface area contributed by atoms with Gasteiger partial charge in [-0.25, -0.2) is 0 Å². The van der Waals surface area contributed by atoms with Crippen LogP contribution >= 0.6 is 0 Å². The van der Waals surface area contributed by atoms with E-state index in [1.807, 2.05) is 0 Å². The van der Waals surface area contributed by atoms with Gasteiger partial charge in [0.05, 0.1) is 26.4 Å². The number of aliphatic hydroxyl groups is 3. The summed E-state index contributed by atoms with van der Waals surface area (Å²) < 4.78 is 0.651. The molecule has 0 heterocycles. The number of hydrogen-bond donors (Lipinski definition) is 3. The molecule has 4 nitrogen and oxygen atoms in total. The van der Waals surface area contributed by atoms with Crippen molar-refractivity contribution in [2.45, 2.75) is 51.9 Å². The number of nitrogens with zero attached hydrogens (tertiary/aromatic N) is 1. The molecule has 0 aliphatic heterocycles. The van der Waals surface area contributed by atoms with E-state index in [0.717, 1.165) is 13.0 Å². The van der Waals surface area contributed by atoms with Gasteiger partial charge in [-0.15, -0.1) is 0 Å². The van der Waals surface area contributed by atoms with Crippen LogP contribution < -0.4 is 24.0 Å². The van der Waals surface area contributed by atoms with E-state index in [2.05, 4.69) is 6.92 Å². The van der Waals surface area contributed by atoms with Crippen molar-refractivity contribution in [3.8, 4) is 0 Å². The Morgan fingerprint density at radius 3 is 1.40 bits per heavy atom. The molecular weight excluding hydrogens is 369 g/mol. The molecule has 0 spiro atoms. The molecule has 0 bridgehead atoms. The van der Waals surface area contributed by atoms with Crippen LogP contribution in [0.3, 0.4) is 0 Å². The normalized spacial score (nSPS) is 11.4. The summed E-state index contributed by atoms with van der Waals surface area (Å²) in [4.78, 5) is 0. The highest BCUT2D eigenvalue weighted by Crippen LogP contribution is 2.12. The van der Waals surface area contributed by atoms with E-state index >= 15 is 0 Å². The summed E-state index contributed by atoms with van der Waals surface area (Å²) in [7, 11) is 0. The molecule has 0 atom stereocenters. The van der Waals surface area contributed by atoms with E-state index in [4.69, 9.17) is 0 Å². The minimum absolute atomic E-state index is 0. The van der Waals surface area contributed by atoms with Gasteiger partial charge in [0, 0.05) is 0 Å². The average Bonchev–Trinajstić information content (AvgIpc) is 2.39. The predicted octanol–water partition coefficient (Wildman–Crippen LogP) is -1.47. The van der Waals surface area contributed by atoms with Gasteiger partial charge < -0.3 is 43.8 Å². The molecule has 0 radical (unpaired) electrons. The first-order valence-electron chi connectivity index (χ1n) is 7.92. The van der Waals surface area contributed by atoms with Gasteiger partial charge >= 0.3 is 0 Å². The number of hydrogen-bond acceptors (Lipinski definition) is 3. The summed E-state index contributed by atoms with van der Waals surface area (Å²) in [5.41, 5.74) is 0. The molecule has 3 N–H and O–H groups in total. The Morgan fingerprint density at radius 2 is 1.00 bits per heavy atom. The second kappa shape index (κ2) is 15.9. The standard InChI is InChI=1S/C15H34NO3.HI/c1-2-3-4-5-6-7-8-9-16(10-13-17,11-14-18)12-15-19;/h17-19H,2-15H2,1H3;1H/q+1;/p-1. The second-order valence-corrected chi connectivity index (χ2v) is 5.53. The molecular formula is C15H34INO3. The molecule has 0 saturated carbocycles. The van der Waals surface area contributed by atoms with Crippen molar-refractivity contribution in [2.75, 3.05) is 46.0 Å². The fourth-order valence-electron chi connectivity index (χ4n) is 2.71. The maximum atomic E-state index is 9.18. The van der Waals surface area contributed by atoms with Gasteiger partial charge in [0.15, 0.2) is 0 Å². The SMILES string of the molecule is CCCCCCCCC[N+](CCO)(CCO)CCO.[I-]. The quantitative estimate of drug-likeness (QED) is 0.189. The third-order valence-electron chi connectivity index (χ3n) is 3.96. The Morgan fingerprint density at radius 1 is 0.600 bits per heavy atom. The van der Waals surface area contributed by atoms with Crippen LogP contribution in [0.4, 0.5) is 0 Å². The molecule has 5 heteroatoms. The molecule has 0 aromatic carbocycles. The van der Waals surface area contributed by atoms with Gasteiger partial charge in [-0.3, -0.25) is 0 Å². The first-order chi connectivity index (χ1) is 9.24. The van der Waals surface area contributed by atoms with Crippen LogP contribution in [-0.4, -0.2) is 65.8 Å². The van der Waals surface area contributed by atoms with Gasteiger partial charge in [0.1, 0.15) is 19.6 Å². The summed E-state index contributed by atoms with van der Waals surface area (Å²) in [5.74, 6) is 0. The minimum atomic E-state index is 0. The summed E-state index contributed by atoms with van der Waals surface area (Å²) in [6, 6.07) is 0. The third kappa shape index (κ3) is 11.3. The van der Waals surface area contributed by atoms with E-state index in [1.54, 1.807) is 0 Å². The molecule has 0 saturated heterocycles.